The summed E-state index contributed by atoms with van der Waals surface area (Å²) < 4.78 is 41.5. The number of nitrogens with one attached hydrogen (secondary N) is 1. The van der Waals surface area contributed by atoms with Crippen molar-refractivity contribution in [1.82, 2.24) is 29.9 Å². The van der Waals surface area contributed by atoms with Gasteiger partial charge in [0.05, 0.1) is 17.9 Å². The van der Waals surface area contributed by atoms with Gasteiger partial charge in [0, 0.05) is 24.9 Å². The third kappa shape index (κ3) is 6.14. The molecule has 0 saturated carbocycles. The number of piperidine rings is 1. The molecule has 0 radical (unpaired) electrons. The van der Waals surface area contributed by atoms with Crippen molar-refractivity contribution in [3.05, 3.63) is 100 Å². The number of benzene rings is 2. The van der Waals surface area contributed by atoms with Crippen molar-refractivity contribution >= 4 is 16.8 Å². The molecule has 10 nitrogen and oxygen atoms in total. The van der Waals surface area contributed by atoms with Crippen LogP contribution in [0, 0.1) is 17.6 Å². The average Bonchev–Trinajstić information content (AvgIpc) is 3.43. The molecular formula is C31H28F2N6O4. The fraction of sp³-hybridized carbons (Fsp3) is 0.258. The Hall–Kier alpha value is -4.97. The Kier molecular flexibility index (Phi) is 7.93. The first kappa shape index (κ1) is 28.2. The number of carbonyl (C=O) groups is 1. The zero-order valence-corrected chi connectivity index (χ0v) is 23.3. The van der Waals surface area contributed by atoms with Gasteiger partial charge in [-0.1, -0.05) is 6.07 Å². The quantitative estimate of drug-likeness (QED) is 0.247. The number of aromatic nitrogens is 5. The summed E-state index contributed by atoms with van der Waals surface area (Å²) in [4.78, 5) is 32.5. The van der Waals surface area contributed by atoms with Crippen LogP contribution in [0.2, 0.25) is 0 Å². The van der Waals surface area contributed by atoms with E-state index in [-0.39, 0.29) is 17.7 Å². The van der Waals surface area contributed by atoms with Crippen molar-refractivity contribution in [3.8, 4) is 23.1 Å². The summed E-state index contributed by atoms with van der Waals surface area (Å²) in [5.41, 5.74) is 0.334. The molecule has 0 amide bonds. The van der Waals surface area contributed by atoms with Crippen LogP contribution in [-0.2, 0) is 6.42 Å². The van der Waals surface area contributed by atoms with Crippen molar-refractivity contribution in [1.29, 1.82) is 0 Å². The van der Waals surface area contributed by atoms with E-state index in [0.29, 0.717) is 46.4 Å². The molecule has 0 spiro atoms. The number of likely N-dealkylation sites (tertiary alicyclic amines) is 1. The third-order valence-electron chi connectivity index (χ3n) is 7.48. The van der Waals surface area contributed by atoms with Crippen LogP contribution in [0.5, 0.6) is 17.4 Å². The molecule has 1 saturated heterocycles. The topological polar surface area (TPSA) is 115 Å². The van der Waals surface area contributed by atoms with Crippen LogP contribution in [0.1, 0.15) is 28.8 Å². The predicted molar refractivity (Wildman–Crippen MR) is 154 cm³/mol. The van der Waals surface area contributed by atoms with Gasteiger partial charge in [0.15, 0.2) is 23.0 Å². The summed E-state index contributed by atoms with van der Waals surface area (Å²) in [7, 11) is 2.10. The maximum atomic E-state index is 15.2. The fourth-order valence-corrected chi connectivity index (χ4v) is 5.04. The summed E-state index contributed by atoms with van der Waals surface area (Å²) in [6.45, 7) is 2.54. The number of Topliss-reactive ketones (excluding diaryl/α,β-unsaturated/α-hetero) is 1. The number of hydrogen-bond donors (Lipinski definition) is 1. The van der Waals surface area contributed by atoms with E-state index < -0.39 is 23.0 Å². The van der Waals surface area contributed by atoms with Gasteiger partial charge in [0.25, 0.3) is 5.56 Å². The molecule has 0 aliphatic carbocycles. The monoisotopic (exact) mass is 586 g/mol. The van der Waals surface area contributed by atoms with E-state index in [9.17, 15) is 14.0 Å². The van der Waals surface area contributed by atoms with Gasteiger partial charge < -0.3 is 14.4 Å². The molecule has 5 aromatic rings. The highest BCUT2D eigenvalue weighted by atomic mass is 19.1. The Morgan fingerprint density at radius 1 is 1.02 bits per heavy atom. The molecule has 1 fully saturated rings. The zero-order chi connectivity index (χ0) is 29.9. The van der Waals surface area contributed by atoms with E-state index in [0.717, 1.165) is 30.6 Å². The van der Waals surface area contributed by atoms with Gasteiger partial charge in [0.2, 0.25) is 5.88 Å². The van der Waals surface area contributed by atoms with Crippen LogP contribution in [-0.4, -0.2) is 62.4 Å². The van der Waals surface area contributed by atoms with Gasteiger partial charge in [-0.3, -0.25) is 14.7 Å². The molecule has 0 unspecified atom stereocenters. The molecule has 43 heavy (non-hydrogen) atoms. The van der Waals surface area contributed by atoms with Crippen molar-refractivity contribution in [3.63, 3.8) is 0 Å². The number of halogens is 2. The minimum absolute atomic E-state index is 0.0613. The normalized spacial score (nSPS) is 14.2. The lowest BCUT2D eigenvalue weighted by Gasteiger charge is -2.28. The van der Waals surface area contributed by atoms with Gasteiger partial charge in [-0.05, 0) is 86.9 Å². The molecule has 220 valence electrons. The summed E-state index contributed by atoms with van der Waals surface area (Å²) in [6.07, 6.45) is 4.68. The van der Waals surface area contributed by atoms with Crippen LogP contribution in [0.15, 0.2) is 71.8 Å². The molecular weight excluding hydrogens is 558 g/mol. The molecule has 12 heteroatoms. The highest BCUT2D eigenvalue weighted by molar-refractivity contribution is 5.97. The standard InChI is InChI=1S/C31H28F2N6O4/c1-38-14-10-19(11-15-38)18-42-30-28-27(9-12-34-29(28)36-37-30)43-26-7-2-20(16-24(26)33)17-25(40)23-8-13-35-39(31(23)41)22-5-3-21(32)4-6-22/h2-9,12-13,16,19H,10-11,14-15,17-18H2,1H3,(H,34,36,37). The minimum Gasteiger partial charge on any atom is -0.476 e. The second kappa shape index (κ2) is 12.1. The SMILES string of the molecule is CN1CCC(COc2n[nH]c3nccc(Oc4ccc(CC(=O)c5ccnn(-c6ccc(F)cc6)c5=O)cc4F)c23)CC1. The van der Waals surface area contributed by atoms with E-state index in [4.69, 9.17) is 9.47 Å². The Morgan fingerprint density at radius 3 is 2.58 bits per heavy atom. The Balaban J connectivity index is 1.17. The lowest BCUT2D eigenvalue weighted by atomic mass is 9.98. The van der Waals surface area contributed by atoms with Crippen LogP contribution in [0.25, 0.3) is 16.7 Å². The second-order valence-electron chi connectivity index (χ2n) is 10.5. The Bertz CT molecular complexity index is 1830. The van der Waals surface area contributed by atoms with E-state index in [1.807, 2.05) is 0 Å². The summed E-state index contributed by atoms with van der Waals surface area (Å²) in [5.74, 6) is -0.666. The molecule has 1 N–H and O–H groups in total. The highest BCUT2D eigenvalue weighted by Crippen LogP contribution is 2.35. The third-order valence-corrected chi connectivity index (χ3v) is 7.48. The molecule has 6 rings (SSSR count). The van der Waals surface area contributed by atoms with Crippen LogP contribution in [0.3, 0.4) is 0 Å². The lowest BCUT2D eigenvalue weighted by Crippen LogP contribution is -2.32. The fourth-order valence-electron chi connectivity index (χ4n) is 5.04. The second-order valence-corrected chi connectivity index (χ2v) is 10.5. The maximum Gasteiger partial charge on any atom is 0.282 e. The molecule has 1 aliphatic rings. The number of rotatable bonds is 9. The van der Waals surface area contributed by atoms with Crippen LogP contribution in [0.4, 0.5) is 8.78 Å². The Labute approximate surface area is 244 Å². The summed E-state index contributed by atoms with van der Waals surface area (Å²) >= 11 is 0. The molecule has 3 aromatic heterocycles. The first-order valence-corrected chi connectivity index (χ1v) is 13.8. The predicted octanol–water partition coefficient (Wildman–Crippen LogP) is 4.72. The number of H-pyrrole nitrogens is 1. The average molecular weight is 587 g/mol. The van der Waals surface area contributed by atoms with E-state index in [1.54, 1.807) is 12.1 Å². The first-order valence-electron chi connectivity index (χ1n) is 13.8. The summed E-state index contributed by atoms with van der Waals surface area (Å²) in [6, 6.07) is 12.2. The molecule has 0 bridgehead atoms. The number of hydrogen-bond acceptors (Lipinski definition) is 8. The summed E-state index contributed by atoms with van der Waals surface area (Å²) in [5, 5.41) is 11.6. The van der Waals surface area contributed by atoms with Gasteiger partial charge in [0.1, 0.15) is 17.0 Å². The maximum absolute atomic E-state index is 15.2. The number of ketones is 1. The highest BCUT2D eigenvalue weighted by Gasteiger charge is 2.21. The van der Waals surface area contributed by atoms with Crippen molar-refractivity contribution in [2.24, 2.45) is 5.92 Å². The van der Waals surface area contributed by atoms with Crippen LogP contribution < -0.4 is 15.0 Å². The number of ether oxygens (including phenoxy) is 2. The minimum atomic E-state index is -0.689. The zero-order valence-electron chi connectivity index (χ0n) is 23.3. The van der Waals surface area contributed by atoms with Crippen LogP contribution >= 0.6 is 0 Å². The number of carbonyl (C=O) groups excluding carboxylic acids is 1. The number of nitrogens with zero attached hydrogens (tertiary/aromatic N) is 5. The van der Waals surface area contributed by atoms with Gasteiger partial charge in [-0.15, -0.1) is 5.10 Å². The lowest BCUT2D eigenvalue weighted by molar-refractivity contribution is 0.0991. The smallest absolute Gasteiger partial charge is 0.282 e. The van der Waals surface area contributed by atoms with E-state index in [2.05, 4.69) is 32.2 Å². The van der Waals surface area contributed by atoms with E-state index >= 15 is 4.39 Å². The van der Waals surface area contributed by atoms with Crippen molar-refractivity contribution < 1.29 is 23.0 Å². The number of pyridine rings is 1. The largest absolute Gasteiger partial charge is 0.476 e. The first-order chi connectivity index (χ1) is 20.9. The van der Waals surface area contributed by atoms with Crippen molar-refractivity contribution in [2.45, 2.75) is 19.3 Å². The van der Waals surface area contributed by atoms with Crippen molar-refractivity contribution in [2.75, 3.05) is 26.7 Å². The molecule has 2 aromatic carbocycles. The Morgan fingerprint density at radius 2 is 1.81 bits per heavy atom. The number of fused-ring (bicyclic) bond motifs is 1. The molecule has 0 atom stereocenters. The molecule has 4 heterocycles. The van der Waals surface area contributed by atoms with Gasteiger partial charge >= 0.3 is 0 Å². The van der Waals surface area contributed by atoms with Gasteiger partial charge in [-0.25, -0.2) is 13.8 Å². The molecule has 1 aliphatic heterocycles. The number of aromatic amines is 1. The van der Waals surface area contributed by atoms with Gasteiger partial charge in [-0.2, -0.15) is 9.78 Å². The van der Waals surface area contributed by atoms with E-state index in [1.165, 1.54) is 54.9 Å².